The van der Waals surface area contributed by atoms with Gasteiger partial charge in [0, 0.05) is 0 Å². The minimum atomic E-state index is -0.551. The first-order valence-electron chi connectivity index (χ1n) is 2.40. The van der Waals surface area contributed by atoms with Gasteiger partial charge in [-0.3, -0.25) is 10.6 Å². The van der Waals surface area contributed by atoms with E-state index in [1.54, 1.807) is 7.05 Å². The highest BCUT2D eigenvalue weighted by Crippen LogP contribution is 1.60. The minimum Gasteiger partial charge on any atom is -0.365 e. The third-order valence-corrected chi connectivity index (χ3v) is 0.671. The fourth-order valence-corrected chi connectivity index (χ4v) is 0.295. The van der Waals surface area contributed by atoms with Crippen molar-refractivity contribution in [2.75, 3.05) is 13.6 Å². The Bertz CT molecular complexity index is 40.7. The molecule has 0 aliphatic rings. The van der Waals surface area contributed by atoms with Crippen LogP contribution in [0.2, 0.25) is 0 Å². The third-order valence-electron chi connectivity index (χ3n) is 0.671. The molecule has 3 nitrogen and oxygen atoms in total. The van der Waals surface area contributed by atoms with E-state index < -0.39 is 6.35 Å². The second-order valence-corrected chi connectivity index (χ2v) is 1.25. The van der Waals surface area contributed by atoms with Crippen molar-refractivity contribution < 1.29 is 5.11 Å². The molecule has 0 radical (unpaired) electrons. The van der Waals surface area contributed by atoms with Crippen LogP contribution in [0.3, 0.4) is 0 Å². The van der Waals surface area contributed by atoms with E-state index in [9.17, 15) is 0 Å². The van der Waals surface area contributed by atoms with E-state index >= 15 is 0 Å². The fourth-order valence-electron chi connectivity index (χ4n) is 0.295. The molecule has 0 heterocycles. The Morgan fingerprint density at radius 2 is 2.29 bits per heavy atom. The zero-order valence-electron chi connectivity index (χ0n) is 4.73. The Morgan fingerprint density at radius 3 is 2.43 bits per heavy atom. The van der Waals surface area contributed by atoms with Crippen molar-refractivity contribution in [3.63, 3.8) is 0 Å². The second-order valence-electron chi connectivity index (χ2n) is 1.25. The fraction of sp³-hybridized carbons (Fsp3) is 1.00. The molecule has 0 spiro atoms. The van der Waals surface area contributed by atoms with Crippen molar-refractivity contribution in [1.82, 2.24) is 10.6 Å². The molecule has 7 heavy (non-hydrogen) atoms. The van der Waals surface area contributed by atoms with E-state index in [-0.39, 0.29) is 0 Å². The molecule has 3 N–H and O–H groups in total. The number of nitrogens with one attached hydrogen (secondary N) is 2. The van der Waals surface area contributed by atoms with Crippen molar-refractivity contribution in [3.8, 4) is 0 Å². The van der Waals surface area contributed by atoms with E-state index in [2.05, 4.69) is 10.6 Å². The molecular weight excluding hydrogens is 92.1 g/mol. The summed E-state index contributed by atoms with van der Waals surface area (Å²) >= 11 is 0. The quantitative estimate of drug-likeness (QED) is 0.406. The highest BCUT2D eigenvalue weighted by molar-refractivity contribution is 4.39. The maximum Gasteiger partial charge on any atom is 0.160 e. The molecule has 0 amide bonds. The van der Waals surface area contributed by atoms with Gasteiger partial charge in [-0.2, -0.15) is 0 Å². The van der Waals surface area contributed by atoms with E-state index in [1.807, 2.05) is 6.92 Å². The van der Waals surface area contributed by atoms with E-state index in [0.717, 1.165) is 6.54 Å². The number of hydrogen-bond donors (Lipinski definition) is 3. The van der Waals surface area contributed by atoms with Crippen LogP contribution in [0.15, 0.2) is 0 Å². The van der Waals surface area contributed by atoms with Crippen LogP contribution in [0.4, 0.5) is 0 Å². The molecule has 1 atom stereocenters. The number of aliphatic hydroxyl groups is 1. The Hall–Kier alpha value is -0.120. The molecule has 0 saturated heterocycles. The normalized spacial score (nSPS) is 14.1. The van der Waals surface area contributed by atoms with E-state index in [1.165, 1.54) is 0 Å². The average Bonchev–Trinajstić information content (AvgIpc) is 1.68. The average molecular weight is 104 g/mol. The molecule has 0 aromatic heterocycles. The van der Waals surface area contributed by atoms with Gasteiger partial charge in [0.25, 0.3) is 0 Å². The van der Waals surface area contributed by atoms with Crippen LogP contribution < -0.4 is 10.6 Å². The Morgan fingerprint density at radius 1 is 1.71 bits per heavy atom. The lowest BCUT2D eigenvalue weighted by atomic mass is 10.7. The van der Waals surface area contributed by atoms with Crippen LogP contribution in [0.1, 0.15) is 6.92 Å². The SMILES string of the molecule is CCN[C@H](O)NC. The second kappa shape index (κ2) is 4.05. The van der Waals surface area contributed by atoms with Crippen molar-refractivity contribution in [2.24, 2.45) is 0 Å². The Labute approximate surface area is 43.7 Å². The van der Waals surface area contributed by atoms with Gasteiger partial charge in [0.2, 0.25) is 0 Å². The maximum absolute atomic E-state index is 8.64. The summed E-state index contributed by atoms with van der Waals surface area (Å²) in [5.41, 5.74) is 0. The molecule has 0 aromatic carbocycles. The summed E-state index contributed by atoms with van der Waals surface area (Å²) in [5, 5.41) is 14.0. The van der Waals surface area contributed by atoms with Crippen LogP contribution in [0.5, 0.6) is 0 Å². The molecule has 44 valence electrons. The molecule has 0 aliphatic carbocycles. The maximum atomic E-state index is 8.64. The zero-order valence-corrected chi connectivity index (χ0v) is 4.73. The number of rotatable bonds is 3. The standard InChI is InChI=1S/C4H12N2O/c1-3-6-4(7)5-2/h4-7H,3H2,1-2H3/t4-/m1/s1. The van der Waals surface area contributed by atoms with Crippen molar-refractivity contribution in [3.05, 3.63) is 0 Å². The van der Waals surface area contributed by atoms with Crippen LogP contribution >= 0.6 is 0 Å². The first kappa shape index (κ1) is 6.88. The Kier molecular flexibility index (Phi) is 3.98. The van der Waals surface area contributed by atoms with Gasteiger partial charge in [-0.1, -0.05) is 6.92 Å². The van der Waals surface area contributed by atoms with Crippen LogP contribution in [0, 0.1) is 0 Å². The molecule has 0 rings (SSSR count). The molecule has 0 bridgehead atoms. The van der Waals surface area contributed by atoms with Crippen molar-refractivity contribution >= 4 is 0 Å². The van der Waals surface area contributed by atoms with Gasteiger partial charge in [0.05, 0.1) is 0 Å². The van der Waals surface area contributed by atoms with Gasteiger partial charge in [0.1, 0.15) is 0 Å². The number of aliphatic hydroxyl groups excluding tert-OH is 1. The third kappa shape index (κ3) is 3.72. The minimum absolute atomic E-state index is 0.551. The van der Waals surface area contributed by atoms with E-state index in [4.69, 9.17) is 5.11 Å². The lowest BCUT2D eigenvalue weighted by Gasteiger charge is -2.07. The van der Waals surface area contributed by atoms with Gasteiger partial charge in [-0.05, 0) is 13.6 Å². The summed E-state index contributed by atoms with van der Waals surface area (Å²) in [6.45, 7) is 2.71. The summed E-state index contributed by atoms with van der Waals surface area (Å²) in [6.07, 6.45) is -0.551. The van der Waals surface area contributed by atoms with Gasteiger partial charge < -0.3 is 5.11 Å². The number of hydrogen-bond acceptors (Lipinski definition) is 3. The smallest absolute Gasteiger partial charge is 0.160 e. The lowest BCUT2D eigenvalue weighted by molar-refractivity contribution is 0.113. The first-order chi connectivity index (χ1) is 3.31. The lowest BCUT2D eigenvalue weighted by Crippen LogP contribution is -2.39. The summed E-state index contributed by atoms with van der Waals surface area (Å²) in [7, 11) is 1.69. The topological polar surface area (TPSA) is 44.3 Å². The molecule has 0 aliphatic heterocycles. The summed E-state index contributed by atoms with van der Waals surface area (Å²) in [4.78, 5) is 0. The Balaban J connectivity index is 2.83. The molecule has 0 fully saturated rings. The largest absolute Gasteiger partial charge is 0.365 e. The zero-order chi connectivity index (χ0) is 5.70. The monoisotopic (exact) mass is 104 g/mol. The van der Waals surface area contributed by atoms with Gasteiger partial charge in [-0.15, -0.1) is 0 Å². The highest BCUT2D eigenvalue weighted by atomic mass is 16.3. The first-order valence-corrected chi connectivity index (χ1v) is 2.40. The predicted molar refractivity (Wildman–Crippen MR) is 28.7 cm³/mol. The molecule has 3 heteroatoms. The highest BCUT2D eigenvalue weighted by Gasteiger charge is 1.90. The summed E-state index contributed by atoms with van der Waals surface area (Å²) in [5.74, 6) is 0. The van der Waals surface area contributed by atoms with Crippen LogP contribution in [-0.2, 0) is 0 Å². The molecular formula is C4H12N2O. The van der Waals surface area contributed by atoms with E-state index in [0.29, 0.717) is 0 Å². The van der Waals surface area contributed by atoms with Crippen LogP contribution in [-0.4, -0.2) is 25.1 Å². The summed E-state index contributed by atoms with van der Waals surface area (Å²) in [6, 6.07) is 0. The van der Waals surface area contributed by atoms with Gasteiger partial charge in [-0.25, -0.2) is 0 Å². The van der Waals surface area contributed by atoms with Crippen LogP contribution in [0.25, 0.3) is 0 Å². The van der Waals surface area contributed by atoms with Crippen molar-refractivity contribution in [2.45, 2.75) is 13.3 Å². The molecule has 0 unspecified atom stereocenters. The molecule has 0 saturated carbocycles. The summed E-state index contributed by atoms with van der Waals surface area (Å²) < 4.78 is 0. The molecule has 0 aromatic rings. The van der Waals surface area contributed by atoms with Gasteiger partial charge in [0.15, 0.2) is 6.35 Å². The predicted octanol–water partition coefficient (Wildman–Crippen LogP) is -0.909. The van der Waals surface area contributed by atoms with Gasteiger partial charge >= 0.3 is 0 Å². The van der Waals surface area contributed by atoms with Crippen molar-refractivity contribution in [1.29, 1.82) is 0 Å².